The van der Waals surface area contributed by atoms with Gasteiger partial charge in [-0.2, -0.15) is 5.10 Å². The first-order chi connectivity index (χ1) is 8.24. The number of nitrogens with one attached hydrogen (secondary N) is 1. The summed E-state index contributed by atoms with van der Waals surface area (Å²) in [5.41, 5.74) is 4.73. The maximum Gasteiger partial charge on any atom is 0.0562 e. The van der Waals surface area contributed by atoms with Crippen molar-refractivity contribution in [3.63, 3.8) is 0 Å². The largest absolute Gasteiger partial charge is 0.279 e. The average Bonchev–Trinajstić information content (AvgIpc) is 2.32. The SMILES string of the molecule is Clc1ccc(N/N=C\c2cccc(Cl)c2)cc1. The first-order valence-corrected chi connectivity index (χ1v) is 5.80. The predicted octanol–water partition coefficient (Wildman–Crippen LogP) is 4.44. The molecular formula is C13H10Cl2N2. The van der Waals surface area contributed by atoms with Gasteiger partial charge < -0.3 is 0 Å². The van der Waals surface area contributed by atoms with Crippen molar-refractivity contribution in [2.45, 2.75) is 0 Å². The van der Waals surface area contributed by atoms with Gasteiger partial charge in [0.25, 0.3) is 0 Å². The third-order valence-electron chi connectivity index (χ3n) is 2.10. The van der Waals surface area contributed by atoms with Crippen molar-refractivity contribution in [2.75, 3.05) is 5.43 Å². The smallest absolute Gasteiger partial charge is 0.0562 e. The van der Waals surface area contributed by atoms with Gasteiger partial charge in [-0.3, -0.25) is 5.43 Å². The molecule has 0 saturated heterocycles. The average molecular weight is 265 g/mol. The number of hydrogen-bond donors (Lipinski definition) is 1. The molecule has 0 fully saturated rings. The highest BCUT2D eigenvalue weighted by atomic mass is 35.5. The maximum atomic E-state index is 5.86. The van der Waals surface area contributed by atoms with Crippen LogP contribution < -0.4 is 5.43 Å². The van der Waals surface area contributed by atoms with E-state index in [2.05, 4.69) is 10.5 Å². The van der Waals surface area contributed by atoms with E-state index in [1.54, 1.807) is 18.3 Å². The van der Waals surface area contributed by atoms with Crippen LogP contribution in [-0.4, -0.2) is 6.21 Å². The van der Waals surface area contributed by atoms with Crippen LogP contribution in [0.25, 0.3) is 0 Å². The Morgan fingerprint density at radius 3 is 2.41 bits per heavy atom. The standard InChI is InChI=1S/C13H10Cl2N2/c14-11-4-6-13(7-5-11)17-16-9-10-2-1-3-12(15)8-10/h1-9,17H/b16-9-. The topological polar surface area (TPSA) is 24.4 Å². The summed E-state index contributed by atoms with van der Waals surface area (Å²) in [6.07, 6.45) is 1.71. The van der Waals surface area contributed by atoms with Crippen LogP contribution in [0.4, 0.5) is 5.69 Å². The van der Waals surface area contributed by atoms with Crippen LogP contribution in [0.2, 0.25) is 10.0 Å². The second-order valence-corrected chi connectivity index (χ2v) is 4.30. The summed E-state index contributed by atoms with van der Waals surface area (Å²) >= 11 is 11.6. The molecule has 0 heterocycles. The maximum absolute atomic E-state index is 5.86. The number of halogens is 2. The van der Waals surface area contributed by atoms with E-state index in [1.807, 2.05) is 36.4 Å². The molecule has 0 radical (unpaired) electrons. The number of hydrogen-bond acceptors (Lipinski definition) is 2. The van der Waals surface area contributed by atoms with Crippen molar-refractivity contribution in [1.82, 2.24) is 0 Å². The second kappa shape index (κ2) is 5.71. The Balaban J connectivity index is 2.00. The molecule has 2 aromatic carbocycles. The van der Waals surface area contributed by atoms with E-state index in [-0.39, 0.29) is 0 Å². The Hall–Kier alpha value is -1.51. The van der Waals surface area contributed by atoms with E-state index in [0.717, 1.165) is 11.3 Å². The van der Waals surface area contributed by atoms with Crippen molar-refractivity contribution >= 4 is 35.1 Å². The van der Waals surface area contributed by atoms with Gasteiger partial charge in [0.1, 0.15) is 0 Å². The minimum absolute atomic E-state index is 0.695. The molecule has 1 N–H and O–H groups in total. The summed E-state index contributed by atoms with van der Waals surface area (Å²) in [5, 5.41) is 5.50. The lowest BCUT2D eigenvalue weighted by Crippen LogP contribution is -1.90. The number of rotatable bonds is 3. The summed E-state index contributed by atoms with van der Waals surface area (Å²) in [5.74, 6) is 0. The fourth-order valence-corrected chi connectivity index (χ4v) is 1.62. The van der Waals surface area contributed by atoms with Crippen molar-refractivity contribution < 1.29 is 0 Å². The van der Waals surface area contributed by atoms with Gasteiger partial charge in [0.05, 0.1) is 11.9 Å². The molecule has 0 unspecified atom stereocenters. The highest BCUT2D eigenvalue weighted by Gasteiger charge is 1.91. The lowest BCUT2D eigenvalue weighted by atomic mass is 10.2. The normalized spacial score (nSPS) is 10.7. The van der Waals surface area contributed by atoms with Crippen molar-refractivity contribution in [3.05, 3.63) is 64.1 Å². The van der Waals surface area contributed by atoms with E-state index in [0.29, 0.717) is 10.0 Å². The molecule has 17 heavy (non-hydrogen) atoms. The van der Waals surface area contributed by atoms with Gasteiger partial charge in [-0.15, -0.1) is 0 Å². The summed E-state index contributed by atoms with van der Waals surface area (Å²) in [6.45, 7) is 0. The van der Waals surface area contributed by atoms with Gasteiger partial charge >= 0.3 is 0 Å². The molecule has 4 heteroatoms. The van der Waals surface area contributed by atoms with Gasteiger partial charge in [0.2, 0.25) is 0 Å². The zero-order valence-electron chi connectivity index (χ0n) is 8.90. The van der Waals surface area contributed by atoms with Crippen LogP contribution >= 0.6 is 23.2 Å². The molecule has 0 aliphatic carbocycles. The Morgan fingerprint density at radius 2 is 1.71 bits per heavy atom. The van der Waals surface area contributed by atoms with E-state index in [1.165, 1.54) is 0 Å². The Kier molecular flexibility index (Phi) is 4.02. The fraction of sp³-hybridized carbons (Fsp3) is 0. The van der Waals surface area contributed by atoms with Crippen LogP contribution in [-0.2, 0) is 0 Å². The second-order valence-electron chi connectivity index (χ2n) is 3.43. The molecule has 0 bridgehead atoms. The monoisotopic (exact) mass is 264 g/mol. The molecule has 0 saturated carbocycles. The predicted molar refractivity (Wildman–Crippen MR) is 74.1 cm³/mol. The Morgan fingerprint density at radius 1 is 0.941 bits per heavy atom. The summed E-state index contributed by atoms with van der Waals surface area (Å²) in [7, 11) is 0. The summed E-state index contributed by atoms with van der Waals surface area (Å²) in [6, 6.07) is 14.8. The number of anilines is 1. The van der Waals surface area contributed by atoms with Gasteiger partial charge in [-0.1, -0.05) is 35.3 Å². The number of hydrazone groups is 1. The van der Waals surface area contributed by atoms with Crippen LogP contribution in [0, 0.1) is 0 Å². The molecule has 0 amide bonds. The van der Waals surface area contributed by atoms with Gasteiger partial charge in [-0.05, 0) is 42.0 Å². The first kappa shape index (κ1) is 12.0. The fourth-order valence-electron chi connectivity index (χ4n) is 1.29. The van der Waals surface area contributed by atoms with Crippen LogP contribution in [0.5, 0.6) is 0 Å². The molecule has 0 atom stereocenters. The minimum Gasteiger partial charge on any atom is -0.279 e. The Bertz CT molecular complexity index is 521. The van der Waals surface area contributed by atoms with Crippen molar-refractivity contribution in [1.29, 1.82) is 0 Å². The lowest BCUT2D eigenvalue weighted by molar-refractivity contribution is 1.35. The van der Waals surface area contributed by atoms with E-state index >= 15 is 0 Å². The van der Waals surface area contributed by atoms with Crippen molar-refractivity contribution in [3.8, 4) is 0 Å². The molecule has 0 aliphatic rings. The van der Waals surface area contributed by atoms with Gasteiger partial charge in [0, 0.05) is 10.0 Å². The molecule has 0 spiro atoms. The summed E-state index contributed by atoms with van der Waals surface area (Å²) < 4.78 is 0. The zero-order valence-corrected chi connectivity index (χ0v) is 10.4. The molecule has 86 valence electrons. The third-order valence-corrected chi connectivity index (χ3v) is 2.59. The highest BCUT2D eigenvalue weighted by Crippen LogP contribution is 2.13. The van der Waals surface area contributed by atoms with Crippen LogP contribution in [0.1, 0.15) is 5.56 Å². The van der Waals surface area contributed by atoms with Crippen LogP contribution in [0.15, 0.2) is 53.6 Å². The molecule has 2 rings (SSSR count). The van der Waals surface area contributed by atoms with Gasteiger partial charge in [-0.25, -0.2) is 0 Å². The van der Waals surface area contributed by atoms with Crippen molar-refractivity contribution in [2.24, 2.45) is 5.10 Å². The number of benzene rings is 2. The zero-order chi connectivity index (χ0) is 12.1. The molecule has 0 aliphatic heterocycles. The lowest BCUT2D eigenvalue weighted by Gasteiger charge is -1.99. The Labute approximate surface area is 110 Å². The molecule has 2 nitrogen and oxygen atoms in total. The third kappa shape index (κ3) is 3.77. The van der Waals surface area contributed by atoms with E-state index < -0.39 is 0 Å². The molecular weight excluding hydrogens is 255 g/mol. The molecule has 2 aromatic rings. The summed E-state index contributed by atoms with van der Waals surface area (Å²) in [4.78, 5) is 0. The highest BCUT2D eigenvalue weighted by molar-refractivity contribution is 6.31. The number of nitrogens with zero attached hydrogens (tertiary/aromatic N) is 1. The first-order valence-electron chi connectivity index (χ1n) is 5.04. The van der Waals surface area contributed by atoms with E-state index in [9.17, 15) is 0 Å². The molecule has 0 aromatic heterocycles. The van der Waals surface area contributed by atoms with Gasteiger partial charge in [0.15, 0.2) is 0 Å². The minimum atomic E-state index is 0.695. The quantitative estimate of drug-likeness (QED) is 0.644. The van der Waals surface area contributed by atoms with Crippen LogP contribution in [0.3, 0.4) is 0 Å². The van der Waals surface area contributed by atoms with E-state index in [4.69, 9.17) is 23.2 Å².